The lowest BCUT2D eigenvalue weighted by molar-refractivity contribution is -0.138. The molecule has 17 nitrogen and oxygen atoms in total. The van der Waals surface area contributed by atoms with Crippen LogP contribution in [0.2, 0.25) is 0 Å². The lowest BCUT2D eigenvalue weighted by atomic mass is 10.3. The average molecular weight is 477 g/mol. The van der Waals surface area contributed by atoms with E-state index in [-0.39, 0.29) is 0 Å². The van der Waals surface area contributed by atoms with Gasteiger partial charge in [-0.2, -0.15) is 0 Å². The molecule has 0 aromatic heterocycles. The van der Waals surface area contributed by atoms with Gasteiger partial charge in [0.15, 0.2) is 0 Å². The van der Waals surface area contributed by atoms with Crippen LogP contribution in [-0.2, 0) is 33.6 Å². The standard InChI is InChI=1S/C16H27N7O10/c17-1-10(26)22-8(6-24)15(32)20-3-12(28)18-2-11(27)19-4-13(29)23-9(7-25)16(33)21-5-14(30)31/h8-9,24-25H,1-7,17H2,(H,18,28)(H,19,27)(H,20,32)(H,21,33)(H,22,26)(H,23,29)(H,30,31)/t8-,9-/m0/s1. The summed E-state index contributed by atoms with van der Waals surface area (Å²) in [5, 5.41) is 39.2. The fourth-order valence-electron chi connectivity index (χ4n) is 1.95. The second-order valence-electron chi connectivity index (χ2n) is 6.19. The number of nitrogens with two attached hydrogens (primary N) is 1. The maximum absolute atomic E-state index is 11.8. The minimum atomic E-state index is -1.44. The normalized spacial score (nSPS) is 11.8. The van der Waals surface area contributed by atoms with Crippen LogP contribution in [-0.4, -0.2) is 115 Å². The Kier molecular flexibility index (Phi) is 14.1. The summed E-state index contributed by atoms with van der Waals surface area (Å²) in [7, 11) is 0. The third-order valence-electron chi connectivity index (χ3n) is 3.58. The minimum absolute atomic E-state index is 0.407. The van der Waals surface area contributed by atoms with Gasteiger partial charge in [0, 0.05) is 0 Å². The zero-order valence-corrected chi connectivity index (χ0v) is 17.4. The van der Waals surface area contributed by atoms with Gasteiger partial charge in [-0.05, 0) is 0 Å². The molecule has 186 valence electrons. The number of carbonyl (C=O) groups is 7. The molecule has 0 aromatic rings. The Morgan fingerprint density at radius 1 is 0.606 bits per heavy atom. The topological polar surface area (TPSA) is 278 Å². The van der Waals surface area contributed by atoms with Crippen LogP contribution in [0.15, 0.2) is 0 Å². The molecule has 33 heavy (non-hydrogen) atoms. The summed E-state index contributed by atoms with van der Waals surface area (Å²) < 4.78 is 0. The molecule has 0 spiro atoms. The first-order chi connectivity index (χ1) is 15.5. The number of nitrogens with one attached hydrogen (secondary N) is 6. The van der Waals surface area contributed by atoms with Gasteiger partial charge < -0.3 is 53.0 Å². The summed E-state index contributed by atoms with van der Waals surface area (Å²) in [5.41, 5.74) is 5.07. The highest BCUT2D eigenvalue weighted by molar-refractivity contribution is 5.93. The van der Waals surface area contributed by atoms with Crippen molar-refractivity contribution in [3.8, 4) is 0 Å². The molecule has 11 N–H and O–H groups in total. The highest BCUT2D eigenvalue weighted by Gasteiger charge is 2.21. The van der Waals surface area contributed by atoms with Crippen LogP contribution in [0.3, 0.4) is 0 Å². The lowest BCUT2D eigenvalue weighted by Gasteiger charge is -2.16. The monoisotopic (exact) mass is 477 g/mol. The summed E-state index contributed by atoms with van der Waals surface area (Å²) in [6, 6.07) is -2.75. The van der Waals surface area contributed by atoms with Crippen LogP contribution in [0.5, 0.6) is 0 Å². The van der Waals surface area contributed by atoms with Crippen LogP contribution in [0, 0.1) is 0 Å². The zero-order chi connectivity index (χ0) is 25.4. The van der Waals surface area contributed by atoms with Crippen LogP contribution in [0.1, 0.15) is 0 Å². The van der Waals surface area contributed by atoms with Crippen molar-refractivity contribution in [2.45, 2.75) is 12.1 Å². The SMILES string of the molecule is NCC(=O)N[C@@H](CO)C(=O)NCC(=O)NCC(=O)NCC(=O)N[C@@H](CO)C(=O)NCC(=O)O. The summed E-state index contributed by atoms with van der Waals surface area (Å²) in [6.07, 6.45) is 0. The van der Waals surface area contributed by atoms with E-state index >= 15 is 0 Å². The number of hydrogen-bond acceptors (Lipinski definition) is 10. The first-order valence-corrected chi connectivity index (χ1v) is 9.35. The highest BCUT2D eigenvalue weighted by Crippen LogP contribution is 1.84. The molecule has 0 fully saturated rings. The summed E-state index contributed by atoms with van der Waals surface area (Å²) in [4.78, 5) is 80.0. The quantitative estimate of drug-likeness (QED) is 0.106. The number of amides is 6. The van der Waals surface area contributed by atoms with E-state index < -0.39 is 99.4 Å². The molecule has 0 radical (unpaired) electrons. The van der Waals surface area contributed by atoms with Gasteiger partial charge in [0.05, 0.1) is 39.4 Å². The van der Waals surface area contributed by atoms with Crippen molar-refractivity contribution >= 4 is 41.4 Å². The highest BCUT2D eigenvalue weighted by atomic mass is 16.4. The minimum Gasteiger partial charge on any atom is -0.480 e. The smallest absolute Gasteiger partial charge is 0.322 e. The largest absolute Gasteiger partial charge is 0.480 e. The molecule has 0 saturated heterocycles. The molecular formula is C16H27N7O10. The first-order valence-electron chi connectivity index (χ1n) is 9.35. The van der Waals surface area contributed by atoms with E-state index in [2.05, 4.69) is 26.6 Å². The number of aliphatic hydroxyl groups is 2. The third-order valence-corrected chi connectivity index (χ3v) is 3.58. The predicted molar refractivity (Wildman–Crippen MR) is 107 cm³/mol. The molecule has 0 rings (SSSR count). The Morgan fingerprint density at radius 3 is 1.42 bits per heavy atom. The average Bonchev–Trinajstić information content (AvgIpc) is 2.79. The second kappa shape index (κ2) is 15.9. The number of carboxylic acids is 1. The number of aliphatic carboxylic acids is 1. The van der Waals surface area contributed by atoms with Crippen LogP contribution < -0.4 is 37.6 Å². The molecular weight excluding hydrogens is 450 g/mol. The molecule has 0 saturated carbocycles. The molecule has 0 bridgehead atoms. The van der Waals surface area contributed by atoms with E-state index in [1.165, 1.54) is 0 Å². The van der Waals surface area contributed by atoms with Gasteiger partial charge in [-0.1, -0.05) is 0 Å². The first kappa shape index (κ1) is 29.2. The van der Waals surface area contributed by atoms with Crippen molar-refractivity contribution < 1.29 is 48.9 Å². The second-order valence-corrected chi connectivity index (χ2v) is 6.19. The molecule has 0 aliphatic heterocycles. The van der Waals surface area contributed by atoms with Gasteiger partial charge in [0.1, 0.15) is 18.6 Å². The summed E-state index contributed by atoms with van der Waals surface area (Å²) in [6.45, 7) is -4.45. The molecule has 0 heterocycles. The van der Waals surface area contributed by atoms with Gasteiger partial charge in [-0.25, -0.2) is 0 Å². The third kappa shape index (κ3) is 13.2. The number of carbonyl (C=O) groups excluding carboxylic acids is 6. The van der Waals surface area contributed by atoms with Crippen molar-refractivity contribution in [2.75, 3.05) is 45.9 Å². The molecule has 2 atom stereocenters. The van der Waals surface area contributed by atoms with Crippen molar-refractivity contribution in [1.82, 2.24) is 31.9 Å². The maximum atomic E-state index is 11.8. The Morgan fingerprint density at radius 2 is 1.00 bits per heavy atom. The van der Waals surface area contributed by atoms with Crippen LogP contribution >= 0.6 is 0 Å². The van der Waals surface area contributed by atoms with Gasteiger partial charge in [-0.3, -0.25) is 33.6 Å². The lowest BCUT2D eigenvalue weighted by Crippen LogP contribution is -2.53. The van der Waals surface area contributed by atoms with Crippen molar-refractivity contribution in [3.05, 3.63) is 0 Å². The van der Waals surface area contributed by atoms with E-state index in [0.29, 0.717) is 0 Å². The van der Waals surface area contributed by atoms with E-state index in [0.717, 1.165) is 0 Å². The van der Waals surface area contributed by atoms with E-state index in [1.807, 2.05) is 5.32 Å². The summed E-state index contributed by atoms with van der Waals surface area (Å²) >= 11 is 0. The van der Waals surface area contributed by atoms with Gasteiger partial charge in [0.2, 0.25) is 35.4 Å². The van der Waals surface area contributed by atoms with Gasteiger partial charge in [0.25, 0.3) is 0 Å². The fraction of sp³-hybridized carbons (Fsp3) is 0.562. The van der Waals surface area contributed by atoms with Crippen molar-refractivity contribution in [1.29, 1.82) is 0 Å². The predicted octanol–water partition coefficient (Wildman–Crippen LogP) is -7.55. The Bertz CT molecular complexity index is 745. The van der Waals surface area contributed by atoms with E-state index in [4.69, 9.17) is 21.1 Å². The van der Waals surface area contributed by atoms with Crippen molar-refractivity contribution in [3.63, 3.8) is 0 Å². The van der Waals surface area contributed by atoms with E-state index in [1.54, 1.807) is 0 Å². The summed E-state index contributed by atoms with van der Waals surface area (Å²) in [5.74, 6) is -6.29. The van der Waals surface area contributed by atoms with E-state index in [9.17, 15) is 33.6 Å². The molecule has 0 aliphatic carbocycles. The molecule has 0 aromatic carbocycles. The molecule has 6 amide bonds. The van der Waals surface area contributed by atoms with Gasteiger partial charge in [-0.15, -0.1) is 0 Å². The van der Waals surface area contributed by atoms with Crippen LogP contribution in [0.4, 0.5) is 0 Å². The van der Waals surface area contributed by atoms with Crippen molar-refractivity contribution in [2.24, 2.45) is 5.73 Å². The molecule has 0 aliphatic rings. The number of carboxylic acid groups (broad SMARTS) is 1. The van der Waals surface area contributed by atoms with Gasteiger partial charge >= 0.3 is 5.97 Å². The Hall–Kier alpha value is -3.83. The van der Waals surface area contributed by atoms with Crippen LogP contribution in [0.25, 0.3) is 0 Å². The molecule has 17 heteroatoms. The fourth-order valence-corrected chi connectivity index (χ4v) is 1.95. The number of aliphatic hydroxyl groups excluding tert-OH is 2. The number of rotatable bonds is 15. The zero-order valence-electron chi connectivity index (χ0n) is 17.4. The Labute approximate surface area is 186 Å². The Balaban J connectivity index is 4.26. The number of hydrogen-bond donors (Lipinski definition) is 10. The molecule has 0 unspecified atom stereocenters. The maximum Gasteiger partial charge on any atom is 0.322 e.